The van der Waals surface area contributed by atoms with E-state index in [1.165, 1.54) is 24.3 Å². The van der Waals surface area contributed by atoms with Gasteiger partial charge in [0, 0.05) is 23.8 Å². The van der Waals surface area contributed by atoms with Crippen molar-refractivity contribution in [1.29, 1.82) is 0 Å². The van der Waals surface area contributed by atoms with Gasteiger partial charge >= 0.3 is 5.97 Å². The molecule has 3 rings (SSSR count). The van der Waals surface area contributed by atoms with Crippen LogP contribution in [0.5, 0.6) is 0 Å². The van der Waals surface area contributed by atoms with Gasteiger partial charge in [-0.05, 0) is 57.7 Å². The van der Waals surface area contributed by atoms with Crippen molar-refractivity contribution in [2.24, 2.45) is 0 Å². The number of H-pyrrole nitrogens is 1. The van der Waals surface area contributed by atoms with E-state index in [2.05, 4.69) is 4.98 Å². The molecular formula is C22H25FN2O4. The quantitative estimate of drug-likeness (QED) is 0.469. The number of likely N-dealkylation sites (tertiary alicyclic amines) is 1. The minimum Gasteiger partial charge on any atom is -0.462 e. The van der Waals surface area contributed by atoms with Crippen molar-refractivity contribution >= 4 is 17.7 Å². The van der Waals surface area contributed by atoms with Gasteiger partial charge in [-0.2, -0.15) is 0 Å². The second-order valence-corrected chi connectivity index (χ2v) is 7.27. The second-order valence-electron chi connectivity index (χ2n) is 7.27. The Morgan fingerprint density at radius 3 is 2.52 bits per heavy atom. The van der Waals surface area contributed by atoms with Crippen LogP contribution in [0.3, 0.4) is 0 Å². The van der Waals surface area contributed by atoms with Gasteiger partial charge in [-0.15, -0.1) is 0 Å². The van der Waals surface area contributed by atoms with Crippen molar-refractivity contribution in [3.05, 3.63) is 47.0 Å². The van der Waals surface area contributed by atoms with Gasteiger partial charge in [0.2, 0.25) is 0 Å². The molecular weight excluding hydrogens is 375 g/mol. The number of Topliss-reactive ketones (excluding diaryl/α,β-unsaturated/α-hetero) is 1. The highest BCUT2D eigenvalue weighted by atomic mass is 19.1. The molecule has 2 aromatic rings. The minimum atomic E-state index is -0.711. The first-order valence-corrected chi connectivity index (χ1v) is 9.86. The van der Waals surface area contributed by atoms with Gasteiger partial charge in [0.1, 0.15) is 11.5 Å². The summed E-state index contributed by atoms with van der Waals surface area (Å²) in [7, 11) is 0. The number of hydrogen-bond acceptors (Lipinski definition) is 4. The van der Waals surface area contributed by atoms with Gasteiger partial charge < -0.3 is 14.6 Å². The fourth-order valence-corrected chi connectivity index (χ4v) is 3.80. The number of aromatic nitrogens is 1. The molecule has 1 aromatic heterocycles. The summed E-state index contributed by atoms with van der Waals surface area (Å²) in [6.07, 6.45) is 2.72. The monoisotopic (exact) mass is 400 g/mol. The smallest absolute Gasteiger partial charge is 0.340 e. The Morgan fingerprint density at radius 1 is 1.21 bits per heavy atom. The lowest BCUT2D eigenvalue weighted by molar-refractivity contribution is -0.129. The zero-order valence-electron chi connectivity index (χ0n) is 16.9. The third kappa shape index (κ3) is 4.09. The molecule has 1 amide bonds. The Morgan fingerprint density at radius 2 is 1.90 bits per heavy atom. The fourth-order valence-electron chi connectivity index (χ4n) is 3.80. The number of amides is 1. The molecule has 1 aliphatic rings. The maximum atomic E-state index is 13.4. The first kappa shape index (κ1) is 20.8. The molecule has 0 saturated carbocycles. The Labute approximate surface area is 169 Å². The zero-order chi connectivity index (χ0) is 21.1. The summed E-state index contributed by atoms with van der Waals surface area (Å²) in [6.45, 7) is 5.95. The Hall–Kier alpha value is -2.96. The van der Waals surface area contributed by atoms with Gasteiger partial charge in [-0.25, -0.2) is 9.18 Å². The summed E-state index contributed by atoms with van der Waals surface area (Å²) in [5.41, 5.74) is 1.36. The highest BCUT2D eigenvalue weighted by Gasteiger charge is 2.34. The van der Waals surface area contributed by atoms with Crippen molar-refractivity contribution in [1.82, 2.24) is 9.88 Å². The van der Waals surface area contributed by atoms with Crippen LogP contribution in [0.15, 0.2) is 24.3 Å². The first-order valence-electron chi connectivity index (χ1n) is 9.86. The molecule has 154 valence electrons. The summed E-state index contributed by atoms with van der Waals surface area (Å²) in [4.78, 5) is 43.1. The molecule has 1 fully saturated rings. The minimum absolute atomic E-state index is 0.0185. The topological polar surface area (TPSA) is 79.5 Å². The van der Waals surface area contributed by atoms with E-state index in [1.807, 2.05) is 6.92 Å². The summed E-state index contributed by atoms with van der Waals surface area (Å²) >= 11 is 0. The maximum Gasteiger partial charge on any atom is 0.340 e. The van der Waals surface area contributed by atoms with Crippen molar-refractivity contribution in [3.63, 3.8) is 0 Å². The summed E-state index contributed by atoms with van der Waals surface area (Å²) in [5.74, 6) is -2.35. The van der Waals surface area contributed by atoms with Gasteiger partial charge in [0.15, 0.2) is 0 Å². The summed E-state index contributed by atoms with van der Waals surface area (Å²) in [6, 6.07) is 5.43. The van der Waals surface area contributed by atoms with E-state index < -0.39 is 23.5 Å². The normalized spacial score (nSPS) is 16.6. The predicted octanol–water partition coefficient (Wildman–Crippen LogP) is 3.89. The lowest BCUT2D eigenvalue weighted by atomic mass is 9.97. The van der Waals surface area contributed by atoms with E-state index in [-0.39, 0.29) is 29.5 Å². The fraction of sp³-hybridized carbons (Fsp3) is 0.409. The zero-order valence-corrected chi connectivity index (χ0v) is 16.9. The number of carbonyl (C=O) groups is 3. The van der Waals surface area contributed by atoms with Crippen molar-refractivity contribution in [2.75, 3.05) is 13.2 Å². The Bertz CT molecular complexity index is 933. The Balaban J connectivity index is 2.09. The Kier molecular flexibility index (Phi) is 6.15. The van der Waals surface area contributed by atoms with E-state index in [0.29, 0.717) is 17.8 Å². The standard InChI is InChI=1S/C22H25FN2O4/c1-4-29-22(28)17-14(3)24-19(18(17)15-8-10-16(23)11-9-15)20(26)21(27)25-12-6-5-7-13(25)2/h8-11,13,24H,4-7,12H2,1-3H3/t13-/m0/s1. The van der Waals surface area contributed by atoms with E-state index in [0.717, 1.165) is 19.3 Å². The van der Waals surface area contributed by atoms with Gasteiger partial charge in [-0.3, -0.25) is 9.59 Å². The number of nitrogens with zero attached hydrogens (tertiary/aromatic N) is 1. The molecule has 2 heterocycles. The maximum absolute atomic E-state index is 13.4. The van der Waals surface area contributed by atoms with Crippen LogP contribution in [0.4, 0.5) is 4.39 Å². The first-order chi connectivity index (χ1) is 13.8. The molecule has 1 aromatic carbocycles. The van der Waals surface area contributed by atoms with Gasteiger partial charge in [-0.1, -0.05) is 12.1 Å². The number of piperidine rings is 1. The van der Waals surface area contributed by atoms with E-state index in [1.54, 1.807) is 18.7 Å². The number of aryl methyl sites for hydroxylation is 1. The largest absolute Gasteiger partial charge is 0.462 e. The number of carbonyl (C=O) groups excluding carboxylic acids is 3. The molecule has 7 heteroatoms. The number of ether oxygens (including phenoxy) is 1. The van der Waals surface area contributed by atoms with Crippen LogP contribution in [-0.4, -0.2) is 46.7 Å². The number of halogens is 1. The highest BCUT2D eigenvalue weighted by molar-refractivity contribution is 6.43. The molecule has 1 aliphatic heterocycles. The van der Waals surface area contributed by atoms with E-state index >= 15 is 0 Å². The number of nitrogens with one attached hydrogen (secondary N) is 1. The van der Waals surface area contributed by atoms with Crippen LogP contribution in [0, 0.1) is 12.7 Å². The number of benzene rings is 1. The van der Waals surface area contributed by atoms with Gasteiger partial charge in [0.25, 0.3) is 11.7 Å². The van der Waals surface area contributed by atoms with Crippen LogP contribution in [0.25, 0.3) is 11.1 Å². The molecule has 1 N–H and O–H groups in total. The SMILES string of the molecule is CCOC(=O)c1c(C)[nH]c(C(=O)C(=O)N2CCCC[C@@H]2C)c1-c1ccc(F)cc1. The summed E-state index contributed by atoms with van der Waals surface area (Å²) < 4.78 is 18.6. The lowest BCUT2D eigenvalue weighted by Gasteiger charge is -2.32. The number of hydrogen-bond donors (Lipinski definition) is 1. The van der Waals surface area contributed by atoms with Crippen LogP contribution in [0.2, 0.25) is 0 Å². The average Bonchev–Trinajstić information content (AvgIpc) is 3.05. The highest BCUT2D eigenvalue weighted by Crippen LogP contribution is 2.32. The number of esters is 1. The lowest BCUT2D eigenvalue weighted by Crippen LogP contribution is -2.45. The predicted molar refractivity (Wildman–Crippen MR) is 106 cm³/mol. The second kappa shape index (κ2) is 8.59. The van der Waals surface area contributed by atoms with Crippen LogP contribution >= 0.6 is 0 Å². The van der Waals surface area contributed by atoms with E-state index in [9.17, 15) is 18.8 Å². The molecule has 0 spiro atoms. The van der Waals surface area contributed by atoms with Crippen LogP contribution in [-0.2, 0) is 9.53 Å². The van der Waals surface area contributed by atoms with Crippen molar-refractivity contribution in [3.8, 4) is 11.1 Å². The van der Waals surface area contributed by atoms with Crippen LogP contribution in [0.1, 0.15) is 59.7 Å². The third-order valence-electron chi connectivity index (χ3n) is 5.29. The molecule has 0 bridgehead atoms. The molecule has 1 saturated heterocycles. The number of rotatable bonds is 5. The number of aromatic amines is 1. The third-order valence-corrected chi connectivity index (χ3v) is 5.29. The van der Waals surface area contributed by atoms with Crippen LogP contribution < -0.4 is 0 Å². The number of ketones is 1. The molecule has 1 atom stereocenters. The van der Waals surface area contributed by atoms with Gasteiger partial charge in [0.05, 0.1) is 12.2 Å². The molecule has 0 aliphatic carbocycles. The molecule has 6 nitrogen and oxygen atoms in total. The average molecular weight is 400 g/mol. The molecule has 0 unspecified atom stereocenters. The van der Waals surface area contributed by atoms with Crippen molar-refractivity contribution in [2.45, 2.75) is 46.1 Å². The summed E-state index contributed by atoms with van der Waals surface area (Å²) in [5, 5.41) is 0. The van der Waals surface area contributed by atoms with Crippen molar-refractivity contribution < 1.29 is 23.5 Å². The molecule has 0 radical (unpaired) electrons. The van der Waals surface area contributed by atoms with E-state index in [4.69, 9.17) is 4.74 Å². The molecule has 29 heavy (non-hydrogen) atoms.